The van der Waals surface area contributed by atoms with Crippen LogP contribution in [0.25, 0.3) is 0 Å². The Morgan fingerprint density at radius 2 is 2.20 bits per heavy atom. The van der Waals surface area contributed by atoms with Crippen LogP contribution in [0.3, 0.4) is 0 Å². The Labute approximate surface area is 91.8 Å². The van der Waals surface area contributed by atoms with Crippen LogP contribution in [-0.2, 0) is 9.53 Å². The Morgan fingerprint density at radius 3 is 2.93 bits per heavy atom. The fraction of sp³-hybridized carbons (Fsp3) is 0.273. The average molecular weight is 222 g/mol. The monoisotopic (exact) mass is 222 g/mol. The van der Waals surface area contributed by atoms with Crippen LogP contribution in [0.5, 0.6) is 0 Å². The van der Waals surface area contributed by atoms with Crippen molar-refractivity contribution in [2.45, 2.75) is 16.6 Å². The van der Waals surface area contributed by atoms with Crippen LogP contribution < -0.4 is 0 Å². The minimum absolute atomic E-state index is 0.0137. The first-order valence-electron chi connectivity index (χ1n) is 4.59. The largest absolute Gasteiger partial charge is 0.468 e. The first kappa shape index (κ1) is 10.2. The van der Waals surface area contributed by atoms with Crippen molar-refractivity contribution in [2.24, 2.45) is 0 Å². The maximum atomic E-state index is 11.7. The Balaban J connectivity index is 2.30. The van der Waals surface area contributed by atoms with E-state index in [1.807, 2.05) is 18.2 Å². The standard InChI is InChI=1S/C11H10O3S/c1-14-11(13)10-6-8(12)7-4-2-3-5-9(7)15-10/h2-5,10H,6H2,1H3. The van der Waals surface area contributed by atoms with Crippen LogP contribution in [0.1, 0.15) is 16.8 Å². The van der Waals surface area contributed by atoms with E-state index in [-0.39, 0.29) is 18.2 Å². The van der Waals surface area contributed by atoms with E-state index in [2.05, 4.69) is 4.74 Å². The number of methoxy groups -OCH3 is 1. The molecule has 0 saturated carbocycles. The summed E-state index contributed by atoms with van der Waals surface area (Å²) in [4.78, 5) is 23.9. The number of esters is 1. The summed E-state index contributed by atoms with van der Waals surface area (Å²) in [6, 6.07) is 7.33. The highest BCUT2D eigenvalue weighted by molar-refractivity contribution is 8.00. The lowest BCUT2D eigenvalue weighted by Crippen LogP contribution is -2.26. The number of hydrogen-bond donors (Lipinski definition) is 0. The molecule has 2 rings (SSSR count). The second kappa shape index (κ2) is 4.06. The highest BCUT2D eigenvalue weighted by Gasteiger charge is 2.30. The zero-order valence-electron chi connectivity index (χ0n) is 8.23. The van der Waals surface area contributed by atoms with Crippen molar-refractivity contribution in [3.63, 3.8) is 0 Å². The molecule has 0 spiro atoms. The molecule has 1 aliphatic heterocycles. The zero-order chi connectivity index (χ0) is 10.8. The molecule has 1 aromatic carbocycles. The molecule has 15 heavy (non-hydrogen) atoms. The van der Waals surface area contributed by atoms with Gasteiger partial charge in [-0.25, -0.2) is 0 Å². The van der Waals surface area contributed by atoms with Gasteiger partial charge < -0.3 is 4.74 Å². The SMILES string of the molecule is COC(=O)C1CC(=O)c2ccccc2S1. The molecule has 1 unspecified atom stereocenters. The fourth-order valence-electron chi connectivity index (χ4n) is 1.54. The number of carbonyl (C=O) groups is 2. The summed E-state index contributed by atoms with van der Waals surface area (Å²) in [5.74, 6) is -0.317. The molecule has 1 aliphatic rings. The van der Waals surface area contributed by atoms with Crippen LogP contribution in [0.15, 0.2) is 29.2 Å². The molecule has 1 atom stereocenters. The molecule has 0 N–H and O–H groups in total. The number of thioether (sulfide) groups is 1. The number of ketones is 1. The normalized spacial score (nSPS) is 19.5. The Hall–Kier alpha value is -1.29. The lowest BCUT2D eigenvalue weighted by molar-refractivity contribution is -0.139. The smallest absolute Gasteiger partial charge is 0.319 e. The summed E-state index contributed by atoms with van der Waals surface area (Å²) < 4.78 is 4.64. The minimum Gasteiger partial charge on any atom is -0.468 e. The summed E-state index contributed by atoms with van der Waals surface area (Å²) in [7, 11) is 1.34. The highest BCUT2D eigenvalue weighted by Crippen LogP contribution is 2.35. The molecule has 4 heteroatoms. The van der Waals surface area contributed by atoms with E-state index in [0.717, 1.165) is 4.90 Å². The predicted molar refractivity (Wildman–Crippen MR) is 57.1 cm³/mol. The lowest BCUT2D eigenvalue weighted by atomic mass is 10.1. The molecule has 0 fully saturated rings. The molecular weight excluding hydrogens is 212 g/mol. The van der Waals surface area contributed by atoms with E-state index < -0.39 is 5.25 Å². The summed E-state index contributed by atoms with van der Waals surface area (Å²) in [6.07, 6.45) is 0.231. The third-order valence-electron chi connectivity index (χ3n) is 2.29. The third kappa shape index (κ3) is 1.90. The van der Waals surface area contributed by atoms with Gasteiger partial charge in [-0.05, 0) is 6.07 Å². The van der Waals surface area contributed by atoms with Crippen molar-refractivity contribution in [1.29, 1.82) is 0 Å². The van der Waals surface area contributed by atoms with Crippen LogP contribution >= 0.6 is 11.8 Å². The van der Waals surface area contributed by atoms with Gasteiger partial charge >= 0.3 is 5.97 Å². The van der Waals surface area contributed by atoms with E-state index in [4.69, 9.17) is 0 Å². The van der Waals surface area contributed by atoms with Gasteiger partial charge in [-0.1, -0.05) is 18.2 Å². The maximum absolute atomic E-state index is 11.7. The van der Waals surface area contributed by atoms with E-state index in [1.165, 1.54) is 18.9 Å². The summed E-state index contributed by atoms with van der Waals surface area (Å²) in [6.45, 7) is 0. The number of fused-ring (bicyclic) bond motifs is 1. The van der Waals surface area contributed by atoms with Crippen LogP contribution in [-0.4, -0.2) is 24.1 Å². The first-order chi connectivity index (χ1) is 7.22. The lowest BCUT2D eigenvalue weighted by Gasteiger charge is -2.20. The number of rotatable bonds is 1. The van der Waals surface area contributed by atoms with Gasteiger partial charge in [0, 0.05) is 16.9 Å². The molecule has 1 aromatic rings. The molecule has 3 nitrogen and oxygen atoms in total. The molecule has 78 valence electrons. The van der Waals surface area contributed by atoms with Crippen molar-refractivity contribution in [2.75, 3.05) is 7.11 Å². The van der Waals surface area contributed by atoms with Gasteiger partial charge in [0.25, 0.3) is 0 Å². The van der Waals surface area contributed by atoms with Gasteiger partial charge in [-0.15, -0.1) is 11.8 Å². The molecule has 0 saturated heterocycles. The molecule has 0 aliphatic carbocycles. The van der Waals surface area contributed by atoms with Crippen LogP contribution in [0, 0.1) is 0 Å². The van der Waals surface area contributed by atoms with Crippen molar-refractivity contribution in [1.82, 2.24) is 0 Å². The quantitative estimate of drug-likeness (QED) is 0.681. The predicted octanol–water partition coefficient (Wildman–Crippen LogP) is 1.91. The molecule has 0 aromatic heterocycles. The number of ether oxygens (including phenoxy) is 1. The molecule has 1 heterocycles. The summed E-state index contributed by atoms with van der Waals surface area (Å²) >= 11 is 1.40. The molecule has 0 amide bonds. The Bertz CT molecular complexity index is 414. The maximum Gasteiger partial charge on any atom is 0.319 e. The van der Waals surface area contributed by atoms with E-state index in [1.54, 1.807) is 6.07 Å². The second-order valence-corrected chi connectivity index (χ2v) is 4.50. The average Bonchev–Trinajstić information content (AvgIpc) is 2.28. The van der Waals surface area contributed by atoms with Gasteiger partial charge in [0.15, 0.2) is 5.78 Å². The molecular formula is C11H10O3S. The first-order valence-corrected chi connectivity index (χ1v) is 5.47. The summed E-state index contributed by atoms with van der Waals surface area (Å²) in [5.41, 5.74) is 0.711. The van der Waals surface area contributed by atoms with E-state index in [9.17, 15) is 9.59 Å². The summed E-state index contributed by atoms with van der Waals surface area (Å²) in [5, 5.41) is -0.391. The topological polar surface area (TPSA) is 43.4 Å². The number of carbonyl (C=O) groups excluding carboxylic acids is 2. The molecule has 0 radical (unpaired) electrons. The van der Waals surface area contributed by atoms with Gasteiger partial charge in [-0.3, -0.25) is 9.59 Å². The third-order valence-corrected chi connectivity index (χ3v) is 3.55. The van der Waals surface area contributed by atoms with Crippen molar-refractivity contribution in [3.8, 4) is 0 Å². The van der Waals surface area contributed by atoms with Crippen LogP contribution in [0.2, 0.25) is 0 Å². The highest BCUT2D eigenvalue weighted by atomic mass is 32.2. The second-order valence-electron chi connectivity index (χ2n) is 3.25. The zero-order valence-corrected chi connectivity index (χ0v) is 9.04. The van der Waals surface area contributed by atoms with Crippen molar-refractivity contribution < 1.29 is 14.3 Å². The Kier molecular flexibility index (Phi) is 2.77. The number of hydrogen-bond acceptors (Lipinski definition) is 4. The van der Waals surface area contributed by atoms with Crippen LogP contribution in [0.4, 0.5) is 0 Å². The number of Topliss-reactive ketones (excluding diaryl/α,β-unsaturated/α-hetero) is 1. The Morgan fingerprint density at radius 1 is 1.47 bits per heavy atom. The fourth-order valence-corrected chi connectivity index (χ4v) is 2.74. The molecule has 0 bridgehead atoms. The van der Waals surface area contributed by atoms with Gasteiger partial charge in [0.1, 0.15) is 5.25 Å². The van der Waals surface area contributed by atoms with Crippen molar-refractivity contribution in [3.05, 3.63) is 29.8 Å². The minimum atomic E-state index is -0.391. The van der Waals surface area contributed by atoms with Gasteiger partial charge in [-0.2, -0.15) is 0 Å². The van der Waals surface area contributed by atoms with Gasteiger partial charge in [0.05, 0.1) is 7.11 Å². The van der Waals surface area contributed by atoms with Gasteiger partial charge in [0.2, 0.25) is 0 Å². The number of benzene rings is 1. The van der Waals surface area contributed by atoms with E-state index >= 15 is 0 Å². The van der Waals surface area contributed by atoms with Crippen molar-refractivity contribution >= 4 is 23.5 Å². The van der Waals surface area contributed by atoms with E-state index in [0.29, 0.717) is 5.56 Å².